The zero-order valence-corrected chi connectivity index (χ0v) is 13.2. The Kier molecular flexibility index (Phi) is 4.69. The second kappa shape index (κ2) is 6.89. The minimum Gasteiger partial charge on any atom is -0.353 e. The van der Waals surface area contributed by atoms with E-state index in [1.165, 1.54) is 23.1 Å². The number of carbonyl (C=O) groups is 2. The second-order valence-electron chi connectivity index (χ2n) is 4.82. The third-order valence-corrected chi connectivity index (χ3v) is 4.96. The highest BCUT2D eigenvalue weighted by atomic mass is 32.2. The number of thioether (sulfide) groups is 1. The molecule has 1 aliphatic carbocycles. The summed E-state index contributed by atoms with van der Waals surface area (Å²) < 4.78 is 0.615. The van der Waals surface area contributed by atoms with Crippen molar-refractivity contribution in [3.8, 4) is 0 Å². The summed E-state index contributed by atoms with van der Waals surface area (Å²) >= 11 is 2.48. The summed E-state index contributed by atoms with van der Waals surface area (Å²) in [7, 11) is 0. The first-order chi connectivity index (χ1) is 10.7. The summed E-state index contributed by atoms with van der Waals surface area (Å²) in [5, 5.41) is 13.7. The fourth-order valence-electron chi connectivity index (χ4n) is 1.69. The van der Waals surface area contributed by atoms with Gasteiger partial charge in [-0.05, 0) is 25.0 Å². The van der Waals surface area contributed by atoms with Crippen LogP contribution in [0, 0.1) is 0 Å². The number of benzene rings is 1. The first kappa shape index (κ1) is 15.0. The molecule has 0 spiro atoms. The smallest absolute Gasteiger partial charge is 0.286 e. The average molecular weight is 334 g/mol. The molecule has 2 N–H and O–H groups in total. The van der Waals surface area contributed by atoms with Gasteiger partial charge in [0.15, 0.2) is 4.34 Å². The third kappa shape index (κ3) is 4.28. The molecule has 8 heteroatoms. The Labute approximate surface area is 135 Å². The van der Waals surface area contributed by atoms with Crippen LogP contribution in [-0.4, -0.2) is 33.8 Å². The summed E-state index contributed by atoms with van der Waals surface area (Å²) in [6.45, 7) is 0. The van der Waals surface area contributed by atoms with E-state index in [4.69, 9.17) is 0 Å². The number of rotatable bonds is 6. The topological polar surface area (TPSA) is 84.0 Å². The molecule has 1 aromatic heterocycles. The highest BCUT2D eigenvalue weighted by Crippen LogP contribution is 2.24. The van der Waals surface area contributed by atoms with E-state index in [2.05, 4.69) is 20.8 Å². The van der Waals surface area contributed by atoms with Crippen LogP contribution in [0.1, 0.15) is 22.6 Å². The van der Waals surface area contributed by atoms with Gasteiger partial charge in [0.25, 0.3) is 5.91 Å². The number of anilines is 1. The molecule has 1 saturated carbocycles. The second-order valence-corrected chi connectivity index (χ2v) is 7.02. The van der Waals surface area contributed by atoms with Crippen LogP contribution < -0.4 is 10.6 Å². The molecule has 0 bridgehead atoms. The average Bonchev–Trinajstić information content (AvgIpc) is 3.20. The molecule has 0 aliphatic heterocycles. The summed E-state index contributed by atoms with van der Waals surface area (Å²) in [4.78, 5) is 23.6. The van der Waals surface area contributed by atoms with Crippen LogP contribution in [0.5, 0.6) is 0 Å². The highest BCUT2D eigenvalue weighted by Gasteiger charge is 2.23. The lowest BCUT2D eigenvalue weighted by Crippen LogP contribution is -2.26. The maximum atomic E-state index is 12.0. The molecule has 1 heterocycles. The van der Waals surface area contributed by atoms with Gasteiger partial charge in [0.05, 0.1) is 5.75 Å². The predicted molar refractivity (Wildman–Crippen MR) is 86.2 cm³/mol. The Balaban J connectivity index is 1.51. The molecule has 1 fully saturated rings. The highest BCUT2D eigenvalue weighted by molar-refractivity contribution is 8.01. The quantitative estimate of drug-likeness (QED) is 0.791. The number of aromatic nitrogens is 2. The van der Waals surface area contributed by atoms with Crippen LogP contribution in [0.3, 0.4) is 0 Å². The predicted octanol–water partition coefficient (Wildman–Crippen LogP) is 2.16. The Morgan fingerprint density at radius 1 is 1.23 bits per heavy atom. The summed E-state index contributed by atoms with van der Waals surface area (Å²) in [6, 6.07) is 9.52. The van der Waals surface area contributed by atoms with Crippen molar-refractivity contribution in [2.45, 2.75) is 23.2 Å². The minimum absolute atomic E-state index is 0.00186. The molecule has 0 unspecified atom stereocenters. The van der Waals surface area contributed by atoms with Crippen molar-refractivity contribution in [1.29, 1.82) is 0 Å². The lowest BCUT2D eigenvalue weighted by Gasteiger charge is -2.01. The molecule has 1 aromatic carbocycles. The van der Waals surface area contributed by atoms with E-state index < -0.39 is 0 Å². The molecular formula is C14H14N4O2S2. The Bertz CT molecular complexity index is 670. The van der Waals surface area contributed by atoms with E-state index in [1.54, 1.807) is 12.1 Å². The van der Waals surface area contributed by atoms with Gasteiger partial charge in [-0.3, -0.25) is 9.59 Å². The lowest BCUT2D eigenvalue weighted by molar-refractivity contribution is -0.118. The summed E-state index contributed by atoms with van der Waals surface area (Å²) in [5.41, 5.74) is 0.709. The van der Waals surface area contributed by atoms with Crippen LogP contribution >= 0.6 is 23.1 Å². The number of nitrogens with one attached hydrogen (secondary N) is 2. The van der Waals surface area contributed by atoms with Crippen LogP contribution in [0.15, 0.2) is 34.7 Å². The van der Waals surface area contributed by atoms with Crippen molar-refractivity contribution in [3.05, 3.63) is 35.3 Å². The lowest BCUT2D eigenvalue weighted by atomic mass is 10.3. The zero-order valence-electron chi connectivity index (χ0n) is 11.6. The van der Waals surface area contributed by atoms with Gasteiger partial charge in [-0.2, -0.15) is 0 Å². The standard InChI is InChI=1S/C14H14N4O2S2/c19-11(15-10-6-7-10)8-21-14-18-17-13(22-14)12(20)16-9-4-2-1-3-5-9/h1-5,10H,6-8H2,(H,15,19)(H,16,20). The molecule has 3 rings (SSSR count). The van der Waals surface area contributed by atoms with Gasteiger partial charge in [-0.25, -0.2) is 0 Å². The summed E-state index contributed by atoms with van der Waals surface area (Å²) in [6.07, 6.45) is 2.14. The van der Waals surface area contributed by atoms with E-state index in [0.29, 0.717) is 21.8 Å². The van der Waals surface area contributed by atoms with Crippen LogP contribution in [0.4, 0.5) is 5.69 Å². The summed E-state index contributed by atoms with van der Waals surface area (Å²) in [5.74, 6) is 0.00166. The van der Waals surface area contributed by atoms with Gasteiger partial charge in [0.1, 0.15) is 0 Å². The van der Waals surface area contributed by atoms with E-state index in [0.717, 1.165) is 12.8 Å². The Hall–Kier alpha value is -1.93. The van der Waals surface area contributed by atoms with Crippen LogP contribution in [0.25, 0.3) is 0 Å². The molecule has 0 radical (unpaired) electrons. The minimum atomic E-state index is -0.294. The monoisotopic (exact) mass is 334 g/mol. The number of hydrogen-bond acceptors (Lipinski definition) is 6. The molecule has 1 aliphatic rings. The van der Waals surface area contributed by atoms with Gasteiger partial charge >= 0.3 is 0 Å². The van der Waals surface area contributed by atoms with Crippen molar-refractivity contribution in [3.63, 3.8) is 0 Å². The van der Waals surface area contributed by atoms with Crippen molar-refractivity contribution in [2.75, 3.05) is 11.1 Å². The third-order valence-electron chi connectivity index (χ3n) is 2.90. The molecular weight excluding hydrogens is 320 g/mol. The molecule has 6 nitrogen and oxygen atoms in total. The largest absolute Gasteiger partial charge is 0.353 e. The van der Waals surface area contributed by atoms with E-state index >= 15 is 0 Å². The van der Waals surface area contributed by atoms with Gasteiger partial charge in [0.2, 0.25) is 10.9 Å². The number of amides is 2. The van der Waals surface area contributed by atoms with Crippen LogP contribution in [-0.2, 0) is 4.79 Å². The fourth-order valence-corrected chi connectivity index (χ4v) is 3.25. The maximum Gasteiger partial charge on any atom is 0.286 e. The molecule has 2 amide bonds. The first-order valence-corrected chi connectivity index (χ1v) is 8.63. The number of carbonyl (C=O) groups excluding carboxylic acids is 2. The molecule has 2 aromatic rings. The van der Waals surface area contributed by atoms with E-state index in [9.17, 15) is 9.59 Å². The van der Waals surface area contributed by atoms with Crippen molar-refractivity contribution < 1.29 is 9.59 Å². The number of nitrogens with zero attached hydrogens (tertiary/aromatic N) is 2. The van der Waals surface area contributed by atoms with E-state index in [-0.39, 0.29) is 16.8 Å². The van der Waals surface area contributed by atoms with Gasteiger partial charge in [0, 0.05) is 11.7 Å². The first-order valence-electron chi connectivity index (χ1n) is 6.83. The molecule has 22 heavy (non-hydrogen) atoms. The van der Waals surface area contributed by atoms with E-state index in [1.807, 2.05) is 18.2 Å². The van der Waals surface area contributed by atoms with Crippen molar-refractivity contribution in [1.82, 2.24) is 15.5 Å². The SMILES string of the molecule is O=C(CSc1nnc(C(=O)Nc2ccccc2)s1)NC1CC1. The maximum absolute atomic E-state index is 12.0. The van der Waals surface area contributed by atoms with Crippen molar-refractivity contribution in [2.24, 2.45) is 0 Å². The Morgan fingerprint density at radius 3 is 2.73 bits per heavy atom. The van der Waals surface area contributed by atoms with Crippen LogP contribution in [0.2, 0.25) is 0 Å². The normalized spacial score (nSPS) is 13.6. The number of hydrogen-bond donors (Lipinski definition) is 2. The molecule has 0 saturated heterocycles. The fraction of sp³-hybridized carbons (Fsp3) is 0.286. The van der Waals surface area contributed by atoms with Gasteiger partial charge in [-0.15, -0.1) is 10.2 Å². The Morgan fingerprint density at radius 2 is 2.00 bits per heavy atom. The van der Waals surface area contributed by atoms with Crippen molar-refractivity contribution >= 4 is 40.6 Å². The van der Waals surface area contributed by atoms with Gasteiger partial charge < -0.3 is 10.6 Å². The zero-order chi connectivity index (χ0) is 15.4. The van der Waals surface area contributed by atoms with Gasteiger partial charge in [-0.1, -0.05) is 41.3 Å². The molecule has 0 atom stereocenters. The molecule has 114 valence electrons. The number of para-hydroxylation sites is 1.